The summed E-state index contributed by atoms with van der Waals surface area (Å²) in [5.74, 6) is 0.862. The predicted octanol–water partition coefficient (Wildman–Crippen LogP) is 3.73. The van der Waals surface area contributed by atoms with E-state index in [0.29, 0.717) is 6.54 Å². The van der Waals surface area contributed by atoms with E-state index in [-0.39, 0.29) is 0 Å². The van der Waals surface area contributed by atoms with E-state index >= 15 is 0 Å². The number of hydrogen-bond donors (Lipinski definition) is 1. The Balaban J connectivity index is 1.98. The minimum Gasteiger partial charge on any atom is -0.350 e. The van der Waals surface area contributed by atoms with Gasteiger partial charge >= 0.3 is 0 Å². The number of aliphatic imine (C=N–C) groups is 1. The van der Waals surface area contributed by atoms with Crippen LogP contribution in [0.5, 0.6) is 0 Å². The van der Waals surface area contributed by atoms with Crippen molar-refractivity contribution >= 4 is 33.2 Å². The summed E-state index contributed by atoms with van der Waals surface area (Å²) in [6, 6.07) is 8.24. The van der Waals surface area contributed by atoms with Crippen LogP contribution in [-0.4, -0.2) is 29.9 Å². The van der Waals surface area contributed by atoms with E-state index in [1.54, 1.807) is 18.4 Å². The molecular formula is C16H21BrN4S. The lowest BCUT2D eigenvalue weighted by atomic mass is 10.2. The summed E-state index contributed by atoms with van der Waals surface area (Å²) in [6.07, 6.45) is 0. The molecule has 0 radical (unpaired) electrons. The van der Waals surface area contributed by atoms with Crippen LogP contribution in [-0.2, 0) is 13.1 Å². The van der Waals surface area contributed by atoms with Gasteiger partial charge in [0.1, 0.15) is 5.01 Å². The van der Waals surface area contributed by atoms with Crippen molar-refractivity contribution in [3.8, 4) is 0 Å². The fourth-order valence-electron chi connectivity index (χ4n) is 2.11. The van der Waals surface area contributed by atoms with Crippen LogP contribution in [0.25, 0.3) is 0 Å². The first-order valence-corrected chi connectivity index (χ1v) is 8.70. The van der Waals surface area contributed by atoms with Crippen molar-refractivity contribution in [2.45, 2.75) is 26.9 Å². The molecular weight excluding hydrogens is 360 g/mol. The second kappa shape index (κ2) is 7.74. The first-order chi connectivity index (χ1) is 10.5. The standard InChI is InChI=1S/C16H21BrN4S/c1-11-12(2)22-15(20-11)9-19-16(18-3)21(4)10-13-7-5-6-8-14(13)17/h5-8H,9-10H2,1-4H3,(H,18,19). The number of nitrogens with one attached hydrogen (secondary N) is 1. The van der Waals surface area contributed by atoms with E-state index in [1.165, 1.54) is 10.4 Å². The first kappa shape index (κ1) is 17.0. The lowest BCUT2D eigenvalue weighted by molar-refractivity contribution is 0.475. The minimum atomic E-state index is 0.701. The maximum atomic E-state index is 4.55. The van der Waals surface area contributed by atoms with Crippen molar-refractivity contribution in [2.75, 3.05) is 14.1 Å². The van der Waals surface area contributed by atoms with Gasteiger partial charge < -0.3 is 10.2 Å². The number of halogens is 1. The lowest BCUT2D eigenvalue weighted by Crippen LogP contribution is -2.38. The summed E-state index contributed by atoms with van der Waals surface area (Å²) in [6.45, 7) is 5.64. The zero-order valence-corrected chi connectivity index (χ0v) is 15.8. The normalized spacial score (nSPS) is 11.6. The van der Waals surface area contributed by atoms with Gasteiger partial charge in [-0.2, -0.15) is 0 Å². The van der Waals surface area contributed by atoms with Gasteiger partial charge in [-0.25, -0.2) is 4.98 Å². The predicted molar refractivity (Wildman–Crippen MR) is 97.4 cm³/mol. The number of guanidine groups is 1. The molecule has 1 aromatic heterocycles. The van der Waals surface area contributed by atoms with Gasteiger partial charge in [-0.1, -0.05) is 34.1 Å². The Hall–Kier alpha value is -1.40. The highest BCUT2D eigenvalue weighted by atomic mass is 79.9. The van der Waals surface area contributed by atoms with Crippen molar-refractivity contribution in [3.05, 3.63) is 49.9 Å². The second-order valence-electron chi connectivity index (χ2n) is 5.10. The fourth-order valence-corrected chi connectivity index (χ4v) is 3.40. The molecule has 0 aliphatic heterocycles. The number of thiazole rings is 1. The van der Waals surface area contributed by atoms with Gasteiger partial charge in [0.2, 0.25) is 0 Å². The summed E-state index contributed by atoms with van der Waals surface area (Å²) in [5, 5.41) is 4.46. The summed E-state index contributed by atoms with van der Waals surface area (Å²) >= 11 is 5.32. The van der Waals surface area contributed by atoms with Crippen LogP contribution in [0.4, 0.5) is 0 Å². The minimum absolute atomic E-state index is 0.701. The van der Waals surface area contributed by atoms with Crippen LogP contribution in [0.1, 0.15) is 21.1 Å². The Morgan fingerprint density at radius 1 is 1.36 bits per heavy atom. The zero-order chi connectivity index (χ0) is 16.1. The van der Waals surface area contributed by atoms with Crippen molar-refractivity contribution in [1.29, 1.82) is 0 Å². The van der Waals surface area contributed by atoms with Crippen LogP contribution in [0.2, 0.25) is 0 Å². The molecule has 0 bridgehead atoms. The highest BCUT2D eigenvalue weighted by Crippen LogP contribution is 2.18. The molecule has 0 spiro atoms. The van der Waals surface area contributed by atoms with E-state index in [2.05, 4.69) is 55.2 Å². The number of nitrogens with zero attached hydrogens (tertiary/aromatic N) is 3. The Bertz CT molecular complexity index is 646. The molecule has 0 saturated heterocycles. The number of rotatable bonds is 4. The van der Waals surface area contributed by atoms with E-state index in [9.17, 15) is 0 Å². The van der Waals surface area contributed by atoms with E-state index in [4.69, 9.17) is 0 Å². The molecule has 1 heterocycles. The molecule has 0 saturated carbocycles. The smallest absolute Gasteiger partial charge is 0.194 e. The Morgan fingerprint density at radius 3 is 2.68 bits per heavy atom. The molecule has 0 fully saturated rings. The van der Waals surface area contributed by atoms with Crippen molar-refractivity contribution < 1.29 is 0 Å². The first-order valence-electron chi connectivity index (χ1n) is 7.09. The Kier molecular flexibility index (Phi) is 5.97. The average Bonchev–Trinajstić information content (AvgIpc) is 2.81. The van der Waals surface area contributed by atoms with Gasteiger partial charge in [-0.05, 0) is 25.5 Å². The molecule has 0 amide bonds. The van der Waals surface area contributed by atoms with Gasteiger partial charge in [0.15, 0.2) is 5.96 Å². The fraction of sp³-hybridized carbons (Fsp3) is 0.375. The van der Waals surface area contributed by atoms with Crippen LogP contribution in [0.15, 0.2) is 33.7 Å². The molecule has 0 atom stereocenters. The van der Waals surface area contributed by atoms with Crippen LogP contribution in [0.3, 0.4) is 0 Å². The average molecular weight is 381 g/mol. The van der Waals surface area contributed by atoms with Crippen LogP contribution < -0.4 is 5.32 Å². The lowest BCUT2D eigenvalue weighted by Gasteiger charge is -2.22. The second-order valence-corrected chi connectivity index (χ2v) is 7.24. The van der Waals surface area contributed by atoms with Crippen molar-refractivity contribution in [1.82, 2.24) is 15.2 Å². The topological polar surface area (TPSA) is 40.5 Å². The van der Waals surface area contributed by atoms with Gasteiger partial charge in [0.05, 0.1) is 12.2 Å². The maximum Gasteiger partial charge on any atom is 0.194 e. The molecule has 2 rings (SSSR count). The number of aryl methyl sites for hydroxylation is 2. The van der Waals surface area contributed by atoms with Gasteiger partial charge in [-0.3, -0.25) is 4.99 Å². The Labute approximate surface area is 144 Å². The molecule has 1 aromatic carbocycles. The molecule has 6 heteroatoms. The summed E-state index contributed by atoms with van der Waals surface area (Å²) in [4.78, 5) is 12.3. The SMILES string of the molecule is CN=C(NCc1nc(C)c(C)s1)N(C)Cc1ccccc1Br. The van der Waals surface area contributed by atoms with Gasteiger partial charge in [0.25, 0.3) is 0 Å². The van der Waals surface area contributed by atoms with Crippen LogP contribution in [0, 0.1) is 13.8 Å². The molecule has 0 unspecified atom stereocenters. The molecule has 0 aliphatic carbocycles. The molecule has 118 valence electrons. The van der Waals surface area contributed by atoms with Crippen molar-refractivity contribution in [3.63, 3.8) is 0 Å². The van der Waals surface area contributed by atoms with E-state index < -0.39 is 0 Å². The van der Waals surface area contributed by atoms with Gasteiger partial charge in [-0.15, -0.1) is 11.3 Å². The highest BCUT2D eigenvalue weighted by Gasteiger charge is 2.10. The van der Waals surface area contributed by atoms with Crippen molar-refractivity contribution in [2.24, 2.45) is 4.99 Å². The molecule has 2 aromatic rings. The summed E-state index contributed by atoms with van der Waals surface area (Å²) < 4.78 is 1.11. The Morgan fingerprint density at radius 2 is 2.09 bits per heavy atom. The molecule has 0 aliphatic rings. The summed E-state index contributed by atoms with van der Waals surface area (Å²) in [7, 11) is 3.84. The monoisotopic (exact) mass is 380 g/mol. The number of aromatic nitrogens is 1. The third-order valence-corrected chi connectivity index (χ3v) is 5.26. The third kappa shape index (κ3) is 4.30. The molecule has 1 N–H and O–H groups in total. The zero-order valence-electron chi connectivity index (χ0n) is 13.4. The number of hydrogen-bond acceptors (Lipinski definition) is 3. The summed E-state index contributed by atoms with van der Waals surface area (Å²) in [5.41, 5.74) is 2.34. The largest absolute Gasteiger partial charge is 0.350 e. The molecule has 4 nitrogen and oxygen atoms in total. The third-order valence-electron chi connectivity index (χ3n) is 3.41. The van der Waals surface area contributed by atoms with Gasteiger partial charge in [0, 0.05) is 30.0 Å². The molecule has 22 heavy (non-hydrogen) atoms. The van der Waals surface area contributed by atoms with E-state index in [1.807, 2.05) is 26.1 Å². The quantitative estimate of drug-likeness (QED) is 0.648. The van der Waals surface area contributed by atoms with Crippen LogP contribution >= 0.6 is 27.3 Å². The maximum absolute atomic E-state index is 4.55. The highest BCUT2D eigenvalue weighted by molar-refractivity contribution is 9.10. The van der Waals surface area contributed by atoms with E-state index in [0.717, 1.165) is 27.7 Å². The number of benzene rings is 1.